The summed E-state index contributed by atoms with van der Waals surface area (Å²) in [4.78, 5) is 19.3. The smallest absolute Gasteiger partial charge is 0.225 e. The summed E-state index contributed by atoms with van der Waals surface area (Å²) < 4.78 is 0. The fourth-order valence-electron chi connectivity index (χ4n) is 3.39. The van der Waals surface area contributed by atoms with Crippen LogP contribution < -0.4 is 5.32 Å². The molecule has 2 aromatic rings. The van der Waals surface area contributed by atoms with Gasteiger partial charge in [0.1, 0.15) is 0 Å². The van der Waals surface area contributed by atoms with Gasteiger partial charge in [0.15, 0.2) is 0 Å². The molecule has 0 unspecified atom stereocenters. The van der Waals surface area contributed by atoms with Gasteiger partial charge in [0.25, 0.3) is 0 Å². The lowest BCUT2D eigenvalue weighted by molar-refractivity contribution is -0.128. The number of pyridine rings is 1. The summed E-state index contributed by atoms with van der Waals surface area (Å²) >= 11 is 0. The molecule has 0 saturated carbocycles. The normalized spacial score (nSPS) is 19.1. The molecule has 25 heavy (non-hydrogen) atoms. The largest absolute Gasteiger partial charge is 0.355 e. The highest BCUT2D eigenvalue weighted by atomic mass is 16.2. The van der Waals surface area contributed by atoms with Gasteiger partial charge in [-0.05, 0) is 37.4 Å². The maximum atomic E-state index is 12.1. The minimum atomic E-state index is -0.316. The molecular formula is C21H29N3O. The first-order valence-corrected chi connectivity index (χ1v) is 9.27. The number of fused-ring (bicyclic) bond motifs is 1. The Kier molecular flexibility index (Phi) is 5.38. The summed E-state index contributed by atoms with van der Waals surface area (Å²) in [5.41, 5.74) is 1.87. The number of likely N-dealkylation sites (tertiary alicyclic amines) is 1. The van der Waals surface area contributed by atoms with Crippen molar-refractivity contribution in [3.63, 3.8) is 0 Å². The molecule has 1 fully saturated rings. The minimum absolute atomic E-state index is 0.140. The Balaban J connectivity index is 1.56. The maximum absolute atomic E-state index is 12.1. The molecule has 4 heteroatoms. The van der Waals surface area contributed by atoms with Crippen molar-refractivity contribution in [2.24, 2.45) is 11.3 Å². The van der Waals surface area contributed by atoms with E-state index in [9.17, 15) is 4.79 Å². The van der Waals surface area contributed by atoms with E-state index in [1.807, 2.05) is 32.9 Å². The van der Waals surface area contributed by atoms with Crippen LogP contribution in [-0.4, -0.2) is 35.4 Å². The monoisotopic (exact) mass is 339 g/mol. The van der Waals surface area contributed by atoms with Crippen molar-refractivity contribution in [3.8, 4) is 0 Å². The van der Waals surface area contributed by atoms with Gasteiger partial charge in [-0.15, -0.1) is 0 Å². The first kappa shape index (κ1) is 17.9. The summed E-state index contributed by atoms with van der Waals surface area (Å²) in [6, 6.07) is 12.5. The van der Waals surface area contributed by atoms with Gasteiger partial charge in [-0.2, -0.15) is 0 Å². The predicted molar refractivity (Wildman–Crippen MR) is 102 cm³/mol. The highest BCUT2D eigenvalue weighted by Crippen LogP contribution is 2.20. The zero-order valence-electron chi connectivity index (χ0n) is 15.6. The van der Waals surface area contributed by atoms with Crippen molar-refractivity contribution in [2.45, 2.75) is 40.2 Å². The second-order valence-electron chi connectivity index (χ2n) is 8.20. The molecule has 134 valence electrons. The molecule has 1 amide bonds. The number of amides is 1. The molecule has 0 spiro atoms. The first-order chi connectivity index (χ1) is 11.9. The van der Waals surface area contributed by atoms with Crippen LogP contribution in [0.5, 0.6) is 0 Å². The average Bonchev–Trinajstić information content (AvgIpc) is 2.59. The maximum Gasteiger partial charge on any atom is 0.225 e. The molecule has 2 heterocycles. The molecular weight excluding hydrogens is 310 g/mol. The van der Waals surface area contributed by atoms with E-state index in [4.69, 9.17) is 4.98 Å². The second-order valence-corrected chi connectivity index (χ2v) is 8.20. The van der Waals surface area contributed by atoms with Gasteiger partial charge in [-0.3, -0.25) is 14.7 Å². The number of rotatable bonds is 4. The number of para-hydroxylation sites is 1. The zero-order chi connectivity index (χ0) is 17.9. The number of carbonyl (C=O) groups excluding carboxylic acids is 1. The van der Waals surface area contributed by atoms with Gasteiger partial charge < -0.3 is 5.32 Å². The van der Waals surface area contributed by atoms with Crippen LogP contribution >= 0.6 is 0 Å². The van der Waals surface area contributed by atoms with Crippen LogP contribution in [0.4, 0.5) is 0 Å². The third-order valence-corrected chi connectivity index (χ3v) is 4.88. The molecule has 0 bridgehead atoms. The predicted octanol–water partition coefficient (Wildman–Crippen LogP) is 3.61. The Morgan fingerprint density at radius 1 is 1.24 bits per heavy atom. The Morgan fingerprint density at radius 3 is 2.84 bits per heavy atom. The quantitative estimate of drug-likeness (QED) is 0.925. The lowest BCUT2D eigenvalue weighted by atomic mass is 9.94. The van der Waals surface area contributed by atoms with Crippen molar-refractivity contribution in [1.82, 2.24) is 15.2 Å². The number of hydrogen-bond donors (Lipinski definition) is 1. The fraction of sp³-hybridized carbons (Fsp3) is 0.524. The van der Waals surface area contributed by atoms with E-state index in [0.29, 0.717) is 5.92 Å². The molecule has 0 radical (unpaired) electrons. The van der Waals surface area contributed by atoms with E-state index in [-0.39, 0.29) is 11.3 Å². The molecule has 1 aliphatic heterocycles. The fourth-order valence-corrected chi connectivity index (χ4v) is 3.39. The Bertz CT molecular complexity index is 735. The summed E-state index contributed by atoms with van der Waals surface area (Å²) in [6.45, 7) is 9.67. The average molecular weight is 339 g/mol. The van der Waals surface area contributed by atoms with Crippen LogP contribution in [0.25, 0.3) is 10.9 Å². The van der Waals surface area contributed by atoms with Crippen molar-refractivity contribution in [1.29, 1.82) is 0 Å². The van der Waals surface area contributed by atoms with Gasteiger partial charge in [-0.1, -0.05) is 45.0 Å². The Morgan fingerprint density at radius 2 is 2.04 bits per heavy atom. The van der Waals surface area contributed by atoms with E-state index in [0.717, 1.165) is 37.4 Å². The summed E-state index contributed by atoms with van der Waals surface area (Å²) in [6.07, 6.45) is 2.37. The van der Waals surface area contributed by atoms with E-state index in [2.05, 4.69) is 34.5 Å². The summed E-state index contributed by atoms with van der Waals surface area (Å²) in [7, 11) is 0. The van der Waals surface area contributed by atoms with E-state index >= 15 is 0 Å². The lowest BCUT2D eigenvalue weighted by Crippen LogP contribution is -2.43. The van der Waals surface area contributed by atoms with Crippen LogP contribution in [0.1, 0.15) is 39.3 Å². The topological polar surface area (TPSA) is 45.2 Å². The minimum Gasteiger partial charge on any atom is -0.355 e. The van der Waals surface area contributed by atoms with Crippen molar-refractivity contribution >= 4 is 16.8 Å². The number of carbonyl (C=O) groups is 1. The van der Waals surface area contributed by atoms with Gasteiger partial charge >= 0.3 is 0 Å². The Hall–Kier alpha value is -1.94. The third kappa shape index (κ3) is 4.79. The number of aromatic nitrogens is 1. The van der Waals surface area contributed by atoms with Crippen LogP contribution in [0.2, 0.25) is 0 Å². The third-order valence-electron chi connectivity index (χ3n) is 4.88. The number of nitrogens with one attached hydrogen (secondary N) is 1. The van der Waals surface area contributed by atoms with Crippen LogP contribution in [0, 0.1) is 11.3 Å². The van der Waals surface area contributed by atoms with Crippen molar-refractivity contribution in [2.75, 3.05) is 19.6 Å². The second kappa shape index (κ2) is 7.52. The highest BCUT2D eigenvalue weighted by Gasteiger charge is 2.24. The zero-order valence-corrected chi connectivity index (χ0v) is 15.6. The molecule has 1 saturated heterocycles. The number of nitrogens with zero attached hydrogens (tertiary/aromatic N) is 2. The Labute approximate surface area is 150 Å². The molecule has 1 atom stereocenters. The first-order valence-electron chi connectivity index (χ1n) is 9.27. The van der Waals surface area contributed by atoms with E-state index in [1.54, 1.807) is 0 Å². The standard InChI is InChI=1S/C21H29N3O/c1-21(2,3)20(25)22-13-16-7-6-12-24(14-16)15-18-11-10-17-8-4-5-9-19(17)23-18/h4-5,8-11,16H,6-7,12-15H2,1-3H3,(H,22,25)/t16-/m1/s1. The van der Waals surface area contributed by atoms with Crippen LogP contribution in [-0.2, 0) is 11.3 Å². The lowest BCUT2D eigenvalue weighted by Gasteiger charge is -2.33. The van der Waals surface area contributed by atoms with Gasteiger partial charge in [-0.25, -0.2) is 0 Å². The number of hydrogen-bond acceptors (Lipinski definition) is 3. The van der Waals surface area contributed by atoms with Crippen molar-refractivity contribution in [3.05, 3.63) is 42.1 Å². The summed E-state index contributed by atoms with van der Waals surface area (Å²) in [5, 5.41) is 4.31. The van der Waals surface area contributed by atoms with E-state index in [1.165, 1.54) is 18.2 Å². The van der Waals surface area contributed by atoms with E-state index < -0.39 is 0 Å². The summed E-state index contributed by atoms with van der Waals surface area (Å²) in [5.74, 6) is 0.668. The number of piperidine rings is 1. The molecule has 1 aromatic carbocycles. The van der Waals surface area contributed by atoms with Gasteiger partial charge in [0.2, 0.25) is 5.91 Å². The molecule has 3 rings (SSSR count). The van der Waals surface area contributed by atoms with Crippen LogP contribution in [0.3, 0.4) is 0 Å². The SMILES string of the molecule is CC(C)(C)C(=O)NC[C@H]1CCCN(Cc2ccc3ccccc3n2)C1. The van der Waals surface area contributed by atoms with Gasteiger partial charge in [0.05, 0.1) is 11.2 Å². The number of benzene rings is 1. The highest BCUT2D eigenvalue weighted by molar-refractivity contribution is 5.81. The van der Waals surface area contributed by atoms with Crippen molar-refractivity contribution < 1.29 is 4.79 Å². The molecule has 1 N–H and O–H groups in total. The molecule has 1 aromatic heterocycles. The molecule has 1 aliphatic rings. The van der Waals surface area contributed by atoms with Gasteiger partial charge in [0, 0.05) is 30.4 Å². The molecule has 4 nitrogen and oxygen atoms in total. The molecule has 0 aliphatic carbocycles. The van der Waals surface area contributed by atoms with Crippen LogP contribution in [0.15, 0.2) is 36.4 Å².